The molecular formula is C12H13NO3. The third-order valence-electron chi connectivity index (χ3n) is 2.24. The largest absolute Gasteiger partial charge is 0.478 e. The summed E-state index contributed by atoms with van der Waals surface area (Å²) in [5, 5.41) is 11.0. The molecular weight excluding hydrogens is 206 g/mol. The van der Waals surface area contributed by atoms with Crippen molar-refractivity contribution in [2.24, 2.45) is 0 Å². The van der Waals surface area contributed by atoms with E-state index in [0.717, 1.165) is 23.3 Å². The van der Waals surface area contributed by atoms with Crippen molar-refractivity contribution in [1.29, 1.82) is 0 Å². The zero-order chi connectivity index (χ0) is 12.1. The monoisotopic (exact) mass is 219 g/mol. The SMILES string of the molecule is Cc1cccc(NC(=O)C=CC(=O)O)c1C. The average Bonchev–Trinajstić information content (AvgIpc) is 2.22. The average molecular weight is 219 g/mol. The first-order valence-corrected chi connectivity index (χ1v) is 4.79. The van der Waals surface area contributed by atoms with E-state index in [0.29, 0.717) is 5.69 Å². The van der Waals surface area contributed by atoms with Crippen molar-refractivity contribution in [2.75, 3.05) is 5.32 Å². The standard InChI is InChI=1S/C12H13NO3/c1-8-4-3-5-10(9(8)2)13-11(14)6-7-12(15)16/h3-7H,1-2H3,(H,13,14)(H,15,16). The summed E-state index contributed by atoms with van der Waals surface area (Å²) in [4.78, 5) is 21.5. The van der Waals surface area contributed by atoms with E-state index in [2.05, 4.69) is 5.32 Å². The van der Waals surface area contributed by atoms with Crippen LogP contribution in [-0.2, 0) is 9.59 Å². The first-order valence-electron chi connectivity index (χ1n) is 4.79. The van der Waals surface area contributed by atoms with E-state index in [-0.39, 0.29) is 0 Å². The van der Waals surface area contributed by atoms with E-state index in [9.17, 15) is 9.59 Å². The number of anilines is 1. The third-order valence-corrected chi connectivity index (χ3v) is 2.24. The van der Waals surface area contributed by atoms with E-state index in [1.54, 1.807) is 6.07 Å². The number of nitrogens with one attached hydrogen (secondary N) is 1. The Hall–Kier alpha value is -2.10. The predicted octanol–water partition coefficient (Wildman–Crippen LogP) is 1.88. The van der Waals surface area contributed by atoms with Crippen LogP contribution in [0.15, 0.2) is 30.4 Å². The fraction of sp³-hybridized carbons (Fsp3) is 0.167. The molecule has 84 valence electrons. The highest BCUT2D eigenvalue weighted by atomic mass is 16.4. The Labute approximate surface area is 93.6 Å². The maximum Gasteiger partial charge on any atom is 0.328 e. The Morgan fingerprint density at radius 3 is 2.56 bits per heavy atom. The van der Waals surface area contributed by atoms with Crippen molar-refractivity contribution in [3.05, 3.63) is 41.5 Å². The van der Waals surface area contributed by atoms with Crippen LogP contribution in [0.1, 0.15) is 11.1 Å². The second kappa shape index (κ2) is 5.11. The van der Waals surface area contributed by atoms with Crippen molar-refractivity contribution in [3.8, 4) is 0 Å². The van der Waals surface area contributed by atoms with Gasteiger partial charge in [0.2, 0.25) is 5.91 Å². The third kappa shape index (κ3) is 3.24. The van der Waals surface area contributed by atoms with Crippen LogP contribution in [0.5, 0.6) is 0 Å². The lowest BCUT2D eigenvalue weighted by Crippen LogP contribution is -2.10. The van der Waals surface area contributed by atoms with E-state index in [1.807, 2.05) is 26.0 Å². The summed E-state index contributed by atoms with van der Waals surface area (Å²) in [5.41, 5.74) is 2.74. The number of hydrogen-bond acceptors (Lipinski definition) is 2. The fourth-order valence-electron chi connectivity index (χ4n) is 1.21. The Bertz CT molecular complexity index is 450. The van der Waals surface area contributed by atoms with Crippen LogP contribution >= 0.6 is 0 Å². The minimum Gasteiger partial charge on any atom is -0.478 e. The topological polar surface area (TPSA) is 66.4 Å². The number of aliphatic carboxylic acids is 1. The van der Waals surface area contributed by atoms with Gasteiger partial charge < -0.3 is 10.4 Å². The highest BCUT2D eigenvalue weighted by Crippen LogP contribution is 2.17. The van der Waals surface area contributed by atoms with Crippen molar-refractivity contribution >= 4 is 17.6 Å². The Kier molecular flexibility index (Phi) is 3.83. The highest BCUT2D eigenvalue weighted by molar-refractivity contribution is 6.02. The number of amides is 1. The number of carbonyl (C=O) groups excluding carboxylic acids is 1. The van der Waals surface area contributed by atoms with Gasteiger partial charge in [-0.3, -0.25) is 4.79 Å². The summed E-state index contributed by atoms with van der Waals surface area (Å²) >= 11 is 0. The molecule has 0 bridgehead atoms. The smallest absolute Gasteiger partial charge is 0.328 e. The van der Waals surface area contributed by atoms with Crippen molar-refractivity contribution in [3.63, 3.8) is 0 Å². The molecule has 0 aliphatic heterocycles. The van der Waals surface area contributed by atoms with Crippen LogP contribution in [0, 0.1) is 13.8 Å². The van der Waals surface area contributed by atoms with Crippen LogP contribution in [0.4, 0.5) is 5.69 Å². The fourth-order valence-corrected chi connectivity index (χ4v) is 1.21. The molecule has 1 aromatic rings. The van der Waals surface area contributed by atoms with Crippen LogP contribution < -0.4 is 5.32 Å². The number of carboxylic acids is 1. The quantitative estimate of drug-likeness (QED) is 0.763. The zero-order valence-electron chi connectivity index (χ0n) is 9.15. The maximum atomic E-state index is 11.3. The molecule has 1 aromatic carbocycles. The first kappa shape index (κ1) is 12.0. The first-order chi connectivity index (χ1) is 7.50. The molecule has 1 rings (SSSR count). The van der Waals surface area contributed by atoms with E-state index < -0.39 is 11.9 Å². The van der Waals surface area contributed by atoms with Crippen LogP contribution in [0.2, 0.25) is 0 Å². The zero-order valence-corrected chi connectivity index (χ0v) is 9.15. The van der Waals surface area contributed by atoms with Gasteiger partial charge in [0, 0.05) is 17.8 Å². The molecule has 0 spiro atoms. The molecule has 0 aliphatic rings. The van der Waals surface area contributed by atoms with Crippen molar-refractivity contribution in [1.82, 2.24) is 0 Å². The van der Waals surface area contributed by atoms with Gasteiger partial charge in [0.1, 0.15) is 0 Å². The summed E-state index contributed by atoms with van der Waals surface area (Å²) in [6.45, 7) is 3.84. The number of aryl methyl sites for hydroxylation is 1. The van der Waals surface area contributed by atoms with Crippen LogP contribution in [-0.4, -0.2) is 17.0 Å². The van der Waals surface area contributed by atoms with E-state index in [4.69, 9.17) is 5.11 Å². The Morgan fingerprint density at radius 2 is 1.94 bits per heavy atom. The molecule has 4 heteroatoms. The normalized spacial score (nSPS) is 10.4. The second-order valence-electron chi connectivity index (χ2n) is 3.41. The summed E-state index contributed by atoms with van der Waals surface area (Å²) in [7, 11) is 0. The van der Waals surface area contributed by atoms with Crippen molar-refractivity contribution < 1.29 is 14.7 Å². The highest BCUT2D eigenvalue weighted by Gasteiger charge is 2.03. The lowest BCUT2D eigenvalue weighted by Gasteiger charge is -2.08. The van der Waals surface area contributed by atoms with Gasteiger partial charge in [-0.15, -0.1) is 0 Å². The molecule has 0 saturated carbocycles. The van der Waals surface area contributed by atoms with Gasteiger partial charge >= 0.3 is 5.97 Å². The van der Waals surface area contributed by atoms with Gasteiger partial charge in [-0.1, -0.05) is 12.1 Å². The molecule has 4 nitrogen and oxygen atoms in total. The van der Waals surface area contributed by atoms with Gasteiger partial charge in [-0.25, -0.2) is 4.79 Å². The van der Waals surface area contributed by atoms with E-state index >= 15 is 0 Å². The van der Waals surface area contributed by atoms with Gasteiger partial charge in [0.05, 0.1) is 0 Å². The van der Waals surface area contributed by atoms with Crippen molar-refractivity contribution in [2.45, 2.75) is 13.8 Å². The summed E-state index contributed by atoms with van der Waals surface area (Å²) < 4.78 is 0. The lowest BCUT2D eigenvalue weighted by atomic mass is 10.1. The molecule has 0 aromatic heterocycles. The molecule has 0 fully saturated rings. The van der Waals surface area contributed by atoms with Gasteiger partial charge in [-0.2, -0.15) is 0 Å². The summed E-state index contributed by atoms with van der Waals surface area (Å²) in [5.74, 6) is -1.59. The van der Waals surface area contributed by atoms with Gasteiger partial charge in [0.25, 0.3) is 0 Å². The molecule has 2 N–H and O–H groups in total. The molecule has 0 unspecified atom stereocenters. The summed E-state index contributed by atoms with van der Waals surface area (Å²) in [6.07, 6.45) is 1.80. The minimum absolute atomic E-state index is 0.448. The van der Waals surface area contributed by atoms with Crippen LogP contribution in [0.3, 0.4) is 0 Å². The molecule has 0 saturated heterocycles. The van der Waals surface area contributed by atoms with Gasteiger partial charge in [-0.05, 0) is 31.0 Å². The Balaban J connectivity index is 2.78. The van der Waals surface area contributed by atoms with E-state index in [1.165, 1.54) is 0 Å². The predicted molar refractivity (Wildman–Crippen MR) is 61.3 cm³/mol. The number of benzene rings is 1. The molecule has 0 radical (unpaired) electrons. The number of carbonyl (C=O) groups is 2. The van der Waals surface area contributed by atoms with Gasteiger partial charge in [0.15, 0.2) is 0 Å². The lowest BCUT2D eigenvalue weighted by molar-refractivity contribution is -0.131. The van der Waals surface area contributed by atoms with Crippen LogP contribution in [0.25, 0.3) is 0 Å². The summed E-state index contributed by atoms with van der Waals surface area (Å²) in [6, 6.07) is 5.55. The minimum atomic E-state index is -1.14. The molecule has 1 amide bonds. The number of hydrogen-bond donors (Lipinski definition) is 2. The molecule has 0 aliphatic carbocycles. The molecule has 0 atom stereocenters. The number of carboxylic acid groups (broad SMARTS) is 1. The molecule has 0 heterocycles. The Morgan fingerprint density at radius 1 is 1.25 bits per heavy atom. The maximum absolute atomic E-state index is 11.3. The second-order valence-corrected chi connectivity index (χ2v) is 3.41. The number of rotatable bonds is 3. The molecule has 16 heavy (non-hydrogen) atoms.